The highest BCUT2D eigenvalue weighted by molar-refractivity contribution is 6.31. The van der Waals surface area contributed by atoms with Crippen LogP contribution in [0.15, 0.2) is 96.4 Å². The number of ether oxygens (including phenoxy) is 2. The number of aromatic nitrogens is 1. The molecule has 3 aromatic rings. The lowest BCUT2D eigenvalue weighted by atomic mass is 10.1. The van der Waals surface area contributed by atoms with Crippen molar-refractivity contribution in [3.63, 3.8) is 0 Å². The topological polar surface area (TPSA) is 40.5 Å². The molecule has 0 saturated carbocycles. The highest BCUT2D eigenvalue weighted by atomic mass is 35.5. The third-order valence-corrected chi connectivity index (χ3v) is 4.82. The maximum Gasteiger partial charge on any atom is 0.256 e. The summed E-state index contributed by atoms with van der Waals surface area (Å²) < 4.78 is 13.2. The lowest BCUT2D eigenvalue weighted by molar-refractivity contribution is 0.143. The molecule has 0 atom stereocenters. The number of hydrogen-bond acceptors (Lipinski definition) is 3. The fraction of sp³-hybridized carbons (Fsp3) is 0.160. The van der Waals surface area contributed by atoms with Gasteiger partial charge in [0.2, 0.25) is 0 Å². The normalized spacial score (nSPS) is 11.4. The Morgan fingerprint density at radius 2 is 1.90 bits per heavy atom. The molecule has 0 radical (unpaired) electrons. The Bertz CT molecular complexity index is 1120. The van der Waals surface area contributed by atoms with Gasteiger partial charge in [-0.2, -0.15) is 0 Å². The fourth-order valence-corrected chi connectivity index (χ4v) is 3.27. The minimum atomic E-state index is -0.116. The SMILES string of the molecule is C=C/C=C(\C=C)COCc1cc2ccc(Cl)cc2n(CCOc2ccccc2)c1=O. The number of para-hydroxylation sites is 1. The standard InChI is InChI=1S/C25H24ClNO3/c1-3-8-19(4-2)17-29-18-21-15-20-11-12-22(26)16-24(20)27(25(21)28)13-14-30-23-9-6-5-7-10-23/h3-12,15-16H,1-2,13-14,17-18H2/b19-8+. The van der Waals surface area contributed by atoms with E-state index in [0.29, 0.717) is 30.3 Å². The van der Waals surface area contributed by atoms with Gasteiger partial charge in [-0.1, -0.05) is 67.3 Å². The largest absolute Gasteiger partial charge is 0.492 e. The van der Waals surface area contributed by atoms with Gasteiger partial charge in [0.25, 0.3) is 5.56 Å². The number of fused-ring (bicyclic) bond motifs is 1. The molecule has 0 N–H and O–H groups in total. The second-order valence-electron chi connectivity index (χ2n) is 6.67. The van der Waals surface area contributed by atoms with E-state index in [9.17, 15) is 4.79 Å². The molecule has 0 aliphatic carbocycles. The zero-order valence-electron chi connectivity index (χ0n) is 16.7. The van der Waals surface area contributed by atoms with Crippen LogP contribution >= 0.6 is 11.6 Å². The monoisotopic (exact) mass is 421 g/mol. The van der Waals surface area contributed by atoms with Crippen molar-refractivity contribution < 1.29 is 9.47 Å². The first-order valence-electron chi connectivity index (χ1n) is 9.64. The molecule has 3 rings (SSSR count). The third kappa shape index (κ3) is 5.50. The summed E-state index contributed by atoms with van der Waals surface area (Å²) in [6.07, 6.45) is 5.22. The molecule has 0 bridgehead atoms. The number of pyridine rings is 1. The van der Waals surface area contributed by atoms with Crippen molar-refractivity contribution in [3.05, 3.63) is 112 Å². The van der Waals surface area contributed by atoms with Crippen LogP contribution in [0.2, 0.25) is 5.02 Å². The van der Waals surface area contributed by atoms with Crippen LogP contribution in [0.25, 0.3) is 10.9 Å². The summed E-state index contributed by atoms with van der Waals surface area (Å²) in [5, 5.41) is 1.50. The molecule has 5 heteroatoms. The third-order valence-electron chi connectivity index (χ3n) is 4.58. The molecule has 0 aliphatic rings. The summed E-state index contributed by atoms with van der Waals surface area (Å²) >= 11 is 6.18. The van der Waals surface area contributed by atoms with Crippen LogP contribution in [-0.2, 0) is 17.9 Å². The van der Waals surface area contributed by atoms with Crippen LogP contribution in [0.4, 0.5) is 0 Å². The number of allylic oxidation sites excluding steroid dienone is 2. The number of benzene rings is 2. The van der Waals surface area contributed by atoms with E-state index in [4.69, 9.17) is 21.1 Å². The highest BCUT2D eigenvalue weighted by Crippen LogP contribution is 2.20. The van der Waals surface area contributed by atoms with E-state index in [1.54, 1.807) is 22.8 Å². The molecule has 0 spiro atoms. The van der Waals surface area contributed by atoms with E-state index in [1.165, 1.54) is 0 Å². The highest BCUT2D eigenvalue weighted by Gasteiger charge is 2.11. The Labute approximate surface area is 181 Å². The van der Waals surface area contributed by atoms with Crippen LogP contribution in [0.5, 0.6) is 5.75 Å². The molecular formula is C25H24ClNO3. The van der Waals surface area contributed by atoms with Crippen molar-refractivity contribution in [1.29, 1.82) is 0 Å². The fourth-order valence-electron chi connectivity index (χ4n) is 3.11. The van der Waals surface area contributed by atoms with E-state index < -0.39 is 0 Å². The molecule has 0 saturated heterocycles. The Morgan fingerprint density at radius 1 is 1.10 bits per heavy atom. The lowest BCUT2D eigenvalue weighted by Gasteiger charge is -2.14. The summed E-state index contributed by atoms with van der Waals surface area (Å²) in [4.78, 5) is 13.1. The van der Waals surface area contributed by atoms with Crippen molar-refractivity contribution in [3.8, 4) is 5.75 Å². The van der Waals surface area contributed by atoms with Gasteiger partial charge in [-0.3, -0.25) is 4.79 Å². The van der Waals surface area contributed by atoms with Crippen LogP contribution < -0.4 is 10.3 Å². The van der Waals surface area contributed by atoms with Gasteiger partial charge in [0.05, 0.1) is 25.3 Å². The Morgan fingerprint density at radius 3 is 2.63 bits per heavy atom. The smallest absolute Gasteiger partial charge is 0.256 e. The maximum atomic E-state index is 13.1. The van der Waals surface area contributed by atoms with Gasteiger partial charge in [0, 0.05) is 10.6 Å². The van der Waals surface area contributed by atoms with Gasteiger partial charge in [-0.05, 0) is 41.3 Å². The minimum Gasteiger partial charge on any atom is -0.492 e. The van der Waals surface area contributed by atoms with Crippen molar-refractivity contribution in [2.75, 3.05) is 13.2 Å². The summed E-state index contributed by atoms with van der Waals surface area (Å²) in [5.41, 5.74) is 2.13. The van der Waals surface area contributed by atoms with Crippen LogP contribution in [0.1, 0.15) is 5.56 Å². The van der Waals surface area contributed by atoms with Crippen LogP contribution in [0, 0.1) is 0 Å². The molecule has 0 fully saturated rings. The van der Waals surface area contributed by atoms with E-state index in [-0.39, 0.29) is 12.2 Å². The number of halogens is 1. The van der Waals surface area contributed by atoms with Crippen molar-refractivity contribution >= 4 is 22.5 Å². The Kier molecular flexibility index (Phi) is 7.66. The van der Waals surface area contributed by atoms with Gasteiger partial charge < -0.3 is 14.0 Å². The van der Waals surface area contributed by atoms with E-state index >= 15 is 0 Å². The summed E-state index contributed by atoms with van der Waals surface area (Å²) in [7, 11) is 0. The molecule has 0 amide bonds. The Hall–Kier alpha value is -3.08. The molecule has 154 valence electrons. The molecule has 1 heterocycles. The number of rotatable bonds is 10. The lowest BCUT2D eigenvalue weighted by Crippen LogP contribution is -2.27. The second-order valence-corrected chi connectivity index (χ2v) is 7.10. The zero-order valence-corrected chi connectivity index (χ0v) is 17.5. The van der Waals surface area contributed by atoms with Crippen LogP contribution in [-0.4, -0.2) is 17.8 Å². The molecule has 2 aromatic carbocycles. The first-order chi connectivity index (χ1) is 14.6. The molecule has 1 aromatic heterocycles. The summed E-state index contributed by atoms with van der Waals surface area (Å²) in [5.74, 6) is 0.762. The predicted molar refractivity (Wildman–Crippen MR) is 123 cm³/mol. The van der Waals surface area contributed by atoms with Gasteiger partial charge in [-0.15, -0.1) is 0 Å². The average Bonchev–Trinajstić information content (AvgIpc) is 2.76. The second kappa shape index (κ2) is 10.6. The van der Waals surface area contributed by atoms with Crippen molar-refractivity contribution in [1.82, 2.24) is 4.57 Å². The first kappa shape index (κ1) is 21.6. The zero-order chi connectivity index (χ0) is 21.3. The number of hydrogen-bond donors (Lipinski definition) is 0. The van der Waals surface area contributed by atoms with Gasteiger partial charge in [0.15, 0.2) is 0 Å². The summed E-state index contributed by atoms with van der Waals surface area (Å²) in [6, 6.07) is 16.9. The summed E-state index contributed by atoms with van der Waals surface area (Å²) in [6.45, 7) is 8.73. The maximum absolute atomic E-state index is 13.1. The van der Waals surface area contributed by atoms with Gasteiger partial charge >= 0.3 is 0 Å². The van der Waals surface area contributed by atoms with Crippen LogP contribution in [0.3, 0.4) is 0 Å². The quantitative estimate of drug-likeness (QED) is 0.403. The van der Waals surface area contributed by atoms with Gasteiger partial charge in [-0.25, -0.2) is 0 Å². The predicted octanol–water partition coefficient (Wildman–Crippen LogP) is 5.55. The molecule has 4 nitrogen and oxygen atoms in total. The molecule has 30 heavy (non-hydrogen) atoms. The first-order valence-corrected chi connectivity index (χ1v) is 10.0. The Balaban J connectivity index is 1.83. The van der Waals surface area contributed by atoms with E-state index in [0.717, 1.165) is 22.2 Å². The minimum absolute atomic E-state index is 0.116. The van der Waals surface area contributed by atoms with E-state index in [1.807, 2.05) is 54.6 Å². The molecule has 0 unspecified atom stereocenters. The molecule has 0 aliphatic heterocycles. The van der Waals surface area contributed by atoms with E-state index in [2.05, 4.69) is 13.2 Å². The average molecular weight is 422 g/mol. The van der Waals surface area contributed by atoms with Gasteiger partial charge in [0.1, 0.15) is 12.4 Å². The molecular weight excluding hydrogens is 398 g/mol. The van der Waals surface area contributed by atoms with Crippen molar-refractivity contribution in [2.45, 2.75) is 13.2 Å². The number of nitrogens with zero attached hydrogens (tertiary/aromatic N) is 1. The van der Waals surface area contributed by atoms with Crippen molar-refractivity contribution in [2.24, 2.45) is 0 Å².